The summed E-state index contributed by atoms with van der Waals surface area (Å²) in [5.41, 5.74) is 1.06. The smallest absolute Gasteiger partial charge is 0.454 e. The summed E-state index contributed by atoms with van der Waals surface area (Å²) in [5, 5.41) is 0. The van der Waals surface area contributed by atoms with Gasteiger partial charge in [-0.05, 0) is 43.5 Å². The summed E-state index contributed by atoms with van der Waals surface area (Å²) >= 11 is 0. The topological polar surface area (TPSA) is 26.3 Å². The van der Waals surface area contributed by atoms with Crippen LogP contribution in [0.1, 0.15) is 27.0 Å². The normalized spacial score (nSPS) is 11.5. The molecule has 0 bridgehead atoms. The van der Waals surface area contributed by atoms with E-state index >= 15 is 0 Å². The van der Waals surface area contributed by atoms with Crippen LogP contribution in [0.15, 0.2) is 6.07 Å². The molecule has 0 fully saturated rings. The molecule has 0 heterocycles. The molecule has 5 heteroatoms. The first kappa shape index (κ1) is 13.5. The standard InChI is InChI=1S/C12H13F3O2/c1-6-5-9(11(16)12(13,14)15)7(2)8(3)10(6)17-4/h5H,1-4H3. The van der Waals surface area contributed by atoms with Crippen molar-refractivity contribution in [3.05, 3.63) is 28.3 Å². The van der Waals surface area contributed by atoms with Crippen molar-refractivity contribution in [2.75, 3.05) is 7.11 Å². The predicted molar refractivity (Wildman–Crippen MR) is 57.6 cm³/mol. The lowest BCUT2D eigenvalue weighted by Gasteiger charge is -2.15. The minimum absolute atomic E-state index is 0.301. The number of hydrogen-bond donors (Lipinski definition) is 0. The molecule has 0 saturated carbocycles. The van der Waals surface area contributed by atoms with E-state index in [1.54, 1.807) is 13.8 Å². The molecule has 0 saturated heterocycles. The zero-order chi connectivity index (χ0) is 13.4. The Balaban J connectivity index is 3.44. The van der Waals surface area contributed by atoms with E-state index in [4.69, 9.17) is 4.74 Å². The first-order valence-electron chi connectivity index (χ1n) is 4.96. The van der Waals surface area contributed by atoms with E-state index in [2.05, 4.69) is 0 Å². The Morgan fingerprint density at radius 3 is 2.12 bits per heavy atom. The number of aryl methyl sites for hydroxylation is 1. The highest BCUT2D eigenvalue weighted by molar-refractivity contribution is 6.02. The van der Waals surface area contributed by atoms with Crippen molar-refractivity contribution in [1.82, 2.24) is 0 Å². The lowest BCUT2D eigenvalue weighted by Crippen LogP contribution is -2.24. The van der Waals surface area contributed by atoms with Crippen molar-refractivity contribution in [2.24, 2.45) is 0 Å². The number of methoxy groups -OCH3 is 1. The van der Waals surface area contributed by atoms with Crippen molar-refractivity contribution in [1.29, 1.82) is 0 Å². The highest BCUT2D eigenvalue weighted by atomic mass is 19.4. The summed E-state index contributed by atoms with van der Waals surface area (Å²) in [4.78, 5) is 11.2. The van der Waals surface area contributed by atoms with Crippen LogP contribution in [-0.2, 0) is 0 Å². The van der Waals surface area contributed by atoms with E-state index in [-0.39, 0.29) is 5.56 Å². The summed E-state index contributed by atoms with van der Waals surface area (Å²) in [6.07, 6.45) is -4.85. The molecule has 0 unspecified atom stereocenters. The molecule has 0 spiro atoms. The Labute approximate surface area is 97.4 Å². The van der Waals surface area contributed by atoms with Gasteiger partial charge in [0.05, 0.1) is 7.11 Å². The maximum absolute atomic E-state index is 12.4. The van der Waals surface area contributed by atoms with Gasteiger partial charge in [0.2, 0.25) is 0 Å². The van der Waals surface area contributed by atoms with Gasteiger partial charge in [-0.15, -0.1) is 0 Å². The van der Waals surface area contributed by atoms with E-state index in [9.17, 15) is 18.0 Å². The van der Waals surface area contributed by atoms with Gasteiger partial charge in [0, 0.05) is 5.56 Å². The van der Waals surface area contributed by atoms with E-state index in [1.165, 1.54) is 20.1 Å². The summed E-state index contributed by atoms with van der Waals surface area (Å²) in [6.45, 7) is 4.73. The molecule has 0 N–H and O–H groups in total. The van der Waals surface area contributed by atoms with Crippen molar-refractivity contribution in [3.8, 4) is 5.75 Å². The fourth-order valence-electron chi connectivity index (χ4n) is 1.76. The molecule has 0 aliphatic carbocycles. The first-order chi connectivity index (χ1) is 7.70. The van der Waals surface area contributed by atoms with Crippen molar-refractivity contribution in [3.63, 3.8) is 0 Å². The zero-order valence-corrected chi connectivity index (χ0v) is 10.0. The van der Waals surface area contributed by atoms with Gasteiger partial charge in [-0.3, -0.25) is 4.79 Å². The fourth-order valence-corrected chi connectivity index (χ4v) is 1.76. The molecule has 2 nitrogen and oxygen atoms in total. The van der Waals surface area contributed by atoms with Gasteiger partial charge in [0.15, 0.2) is 0 Å². The van der Waals surface area contributed by atoms with Crippen LogP contribution in [0.5, 0.6) is 5.75 Å². The Morgan fingerprint density at radius 2 is 1.71 bits per heavy atom. The van der Waals surface area contributed by atoms with E-state index in [1.807, 2.05) is 0 Å². The van der Waals surface area contributed by atoms with E-state index < -0.39 is 12.0 Å². The number of halogens is 3. The third-order valence-corrected chi connectivity index (χ3v) is 2.73. The molecule has 1 aromatic rings. The maximum atomic E-state index is 12.4. The van der Waals surface area contributed by atoms with Gasteiger partial charge in [0.1, 0.15) is 5.75 Å². The Bertz CT molecular complexity index is 462. The molecular formula is C12H13F3O2. The third-order valence-electron chi connectivity index (χ3n) is 2.73. The second-order valence-electron chi connectivity index (χ2n) is 3.85. The molecule has 1 rings (SSSR count). The molecule has 0 aliphatic heterocycles. The largest absolute Gasteiger partial charge is 0.496 e. The second-order valence-corrected chi connectivity index (χ2v) is 3.85. The van der Waals surface area contributed by atoms with Crippen LogP contribution < -0.4 is 4.74 Å². The maximum Gasteiger partial charge on any atom is 0.454 e. The summed E-state index contributed by atoms with van der Waals surface area (Å²) in [5.74, 6) is -1.30. The summed E-state index contributed by atoms with van der Waals surface area (Å²) in [6, 6.07) is 1.22. The van der Waals surface area contributed by atoms with Gasteiger partial charge >= 0.3 is 6.18 Å². The Kier molecular flexibility index (Phi) is 3.50. The number of hydrogen-bond acceptors (Lipinski definition) is 2. The molecule has 0 aromatic heterocycles. The van der Waals surface area contributed by atoms with Crippen LogP contribution >= 0.6 is 0 Å². The first-order valence-corrected chi connectivity index (χ1v) is 4.96. The lowest BCUT2D eigenvalue weighted by molar-refractivity contribution is -0.0885. The quantitative estimate of drug-likeness (QED) is 0.748. The van der Waals surface area contributed by atoms with Crippen LogP contribution in [0, 0.1) is 20.8 Å². The van der Waals surface area contributed by atoms with E-state index in [0.717, 1.165) is 0 Å². The van der Waals surface area contributed by atoms with Crippen LogP contribution in [0.2, 0.25) is 0 Å². The SMILES string of the molecule is COc1c(C)cc(C(=O)C(F)(F)F)c(C)c1C. The van der Waals surface area contributed by atoms with Crippen LogP contribution in [-0.4, -0.2) is 19.1 Å². The molecule has 0 amide bonds. The van der Waals surface area contributed by atoms with Crippen molar-refractivity contribution >= 4 is 5.78 Å². The number of ketones is 1. The monoisotopic (exact) mass is 246 g/mol. The molecular weight excluding hydrogens is 233 g/mol. The number of alkyl halides is 3. The predicted octanol–water partition coefficient (Wildman–Crippen LogP) is 3.37. The molecule has 0 atom stereocenters. The minimum Gasteiger partial charge on any atom is -0.496 e. The molecule has 94 valence electrons. The highest BCUT2D eigenvalue weighted by Gasteiger charge is 2.40. The van der Waals surface area contributed by atoms with Crippen LogP contribution in [0.25, 0.3) is 0 Å². The molecule has 0 radical (unpaired) electrons. The fraction of sp³-hybridized carbons (Fsp3) is 0.417. The van der Waals surface area contributed by atoms with Crippen molar-refractivity contribution in [2.45, 2.75) is 26.9 Å². The molecule has 0 aliphatic rings. The number of carbonyl (C=O) groups is 1. The highest BCUT2D eigenvalue weighted by Crippen LogP contribution is 2.31. The lowest BCUT2D eigenvalue weighted by atomic mass is 9.96. The van der Waals surface area contributed by atoms with Crippen molar-refractivity contribution < 1.29 is 22.7 Å². The number of ether oxygens (including phenoxy) is 1. The van der Waals surface area contributed by atoms with Crippen LogP contribution in [0.3, 0.4) is 0 Å². The average Bonchev–Trinajstić information content (AvgIpc) is 2.22. The summed E-state index contributed by atoms with van der Waals surface area (Å²) in [7, 11) is 1.44. The molecule has 1 aromatic carbocycles. The van der Waals surface area contributed by atoms with Gasteiger partial charge in [-0.25, -0.2) is 0 Å². The van der Waals surface area contributed by atoms with Crippen LogP contribution in [0.4, 0.5) is 13.2 Å². The number of Topliss-reactive ketones (excluding diaryl/α,β-unsaturated/α-hetero) is 1. The van der Waals surface area contributed by atoms with E-state index in [0.29, 0.717) is 22.4 Å². The second kappa shape index (κ2) is 4.39. The van der Waals surface area contributed by atoms with Gasteiger partial charge in [-0.2, -0.15) is 13.2 Å². The van der Waals surface area contributed by atoms with Gasteiger partial charge in [0.25, 0.3) is 5.78 Å². The number of rotatable bonds is 2. The number of carbonyl (C=O) groups excluding carboxylic acids is 1. The average molecular weight is 246 g/mol. The number of benzene rings is 1. The van der Waals surface area contributed by atoms with Gasteiger partial charge < -0.3 is 4.74 Å². The Morgan fingerprint density at radius 1 is 1.18 bits per heavy atom. The minimum atomic E-state index is -4.85. The molecule has 17 heavy (non-hydrogen) atoms. The third kappa shape index (κ3) is 2.43. The summed E-state index contributed by atoms with van der Waals surface area (Å²) < 4.78 is 42.2. The van der Waals surface area contributed by atoms with Gasteiger partial charge in [-0.1, -0.05) is 0 Å². The Hall–Kier alpha value is -1.52. The zero-order valence-electron chi connectivity index (χ0n) is 10.0.